The number of benzene rings is 2. The lowest BCUT2D eigenvalue weighted by Crippen LogP contribution is -2.45. The average Bonchev–Trinajstić information content (AvgIpc) is 2.63. The zero-order valence-electron chi connectivity index (χ0n) is 15.5. The molecular formula is C21H22N2O4. The van der Waals surface area contributed by atoms with E-state index in [1.807, 2.05) is 31.2 Å². The van der Waals surface area contributed by atoms with Gasteiger partial charge in [-0.3, -0.25) is 9.59 Å². The van der Waals surface area contributed by atoms with Crippen molar-refractivity contribution in [2.75, 3.05) is 17.2 Å². The summed E-state index contributed by atoms with van der Waals surface area (Å²) in [5.74, 6) is 0.736. The molecule has 1 aliphatic rings. The molecule has 0 radical (unpaired) electrons. The Balaban J connectivity index is 1.71. The second-order valence-electron chi connectivity index (χ2n) is 6.57. The first-order chi connectivity index (χ1) is 12.9. The number of hydrogen-bond donors (Lipinski definition) is 2. The Morgan fingerprint density at radius 1 is 1.22 bits per heavy atom. The van der Waals surface area contributed by atoms with Crippen molar-refractivity contribution in [3.63, 3.8) is 0 Å². The topological polar surface area (TPSA) is 76.7 Å². The third-order valence-corrected chi connectivity index (χ3v) is 4.05. The van der Waals surface area contributed by atoms with E-state index in [2.05, 4.69) is 10.6 Å². The summed E-state index contributed by atoms with van der Waals surface area (Å²) in [6.45, 7) is 5.91. The number of para-hydroxylation sites is 1. The molecule has 0 atom stereocenters. The Hall–Kier alpha value is -3.28. The Kier molecular flexibility index (Phi) is 5.16. The van der Waals surface area contributed by atoms with Crippen molar-refractivity contribution in [1.29, 1.82) is 0 Å². The predicted molar refractivity (Wildman–Crippen MR) is 105 cm³/mol. The highest BCUT2D eigenvalue weighted by Gasteiger charge is 2.36. The maximum absolute atomic E-state index is 12.3. The largest absolute Gasteiger partial charge is 0.494 e. The van der Waals surface area contributed by atoms with Gasteiger partial charge < -0.3 is 20.1 Å². The van der Waals surface area contributed by atoms with Crippen LogP contribution in [0.1, 0.15) is 26.3 Å². The summed E-state index contributed by atoms with van der Waals surface area (Å²) in [7, 11) is 0. The van der Waals surface area contributed by atoms with E-state index in [1.165, 1.54) is 6.08 Å². The van der Waals surface area contributed by atoms with Crippen LogP contribution < -0.4 is 20.1 Å². The first-order valence-corrected chi connectivity index (χ1v) is 8.74. The van der Waals surface area contributed by atoms with Gasteiger partial charge in [0.25, 0.3) is 5.91 Å². The maximum atomic E-state index is 12.3. The van der Waals surface area contributed by atoms with Crippen molar-refractivity contribution >= 4 is 29.3 Å². The van der Waals surface area contributed by atoms with Gasteiger partial charge in [0.05, 0.1) is 12.3 Å². The number of fused-ring (bicyclic) bond motifs is 1. The van der Waals surface area contributed by atoms with E-state index in [4.69, 9.17) is 9.47 Å². The van der Waals surface area contributed by atoms with Crippen molar-refractivity contribution in [2.24, 2.45) is 0 Å². The molecule has 3 rings (SSSR count). The molecule has 0 saturated heterocycles. The van der Waals surface area contributed by atoms with Crippen molar-refractivity contribution in [1.82, 2.24) is 0 Å². The Labute approximate surface area is 158 Å². The third kappa shape index (κ3) is 4.28. The van der Waals surface area contributed by atoms with E-state index in [1.54, 1.807) is 38.1 Å². The molecule has 2 aromatic carbocycles. The van der Waals surface area contributed by atoms with Crippen LogP contribution in [-0.4, -0.2) is 24.0 Å². The normalized spacial score (nSPS) is 14.9. The minimum atomic E-state index is -0.955. The summed E-state index contributed by atoms with van der Waals surface area (Å²) >= 11 is 0. The van der Waals surface area contributed by atoms with Gasteiger partial charge in [-0.1, -0.05) is 18.2 Å². The summed E-state index contributed by atoms with van der Waals surface area (Å²) < 4.78 is 11.1. The van der Waals surface area contributed by atoms with E-state index in [9.17, 15) is 9.59 Å². The van der Waals surface area contributed by atoms with Gasteiger partial charge in [-0.15, -0.1) is 0 Å². The molecule has 140 valence electrons. The third-order valence-electron chi connectivity index (χ3n) is 4.05. The lowest BCUT2D eigenvalue weighted by atomic mass is 10.1. The van der Waals surface area contributed by atoms with E-state index < -0.39 is 5.60 Å². The van der Waals surface area contributed by atoms with E-state index in [-0.39, 0.29) is 11.8 Å². The zero-order chi connectivity index (χ0) is 19.4. The summed E-state index contributed by atoms with van der Waals surface area (Å²) in [4.78, 5) is 24.4. The molecule has 2 N–H and O–H groups in total. The van der Waals surface area contributed by atoms with Crippen LogP contribution in [0.3, 0.4) is 0 Å². The van der Waals surface area contributed by atoms with Gasteiger partial charge in [-0.05, 0) is 56.7 Å². The van der Waals surface area contributed by atoms with Crippen LogP contribution in [0.4, 0.5) is 11.4 Å². The van der Waals surface area contributed by atoms with Gasteiger partial charge in [0.2, 0.25) is 5.91 Å². The smallest absolute Gasteiger partial charge is 0.268 e. The number of nitrogens with one attached hydrogen (secondary N) is 2. The maximum Gasteiger partial charge on any atom is 0.268 e. The lowest BCUT2D eigenvalue weighted by molar-refractivity contribution is -0.129. The second-order valence-corrected chi connectivity index (χ2v) is 6.57. The van der Waals surface area contributed by atoms with Gasteiger partial charge in [-0.25, -0.2) is 0 Å². The summed E-state index contributed by atoms with van der Waals surface area (Å²) in [6.07, 6.45) is 3.14. The van der Waals surface area contributed by atoms with E-state index in [0.717, 1.165) is 11.3 Å². The highest BCUT2D eigenvalue weighted by molar-refractivity contribution is 6.08. The standard InChI is InChI=1S/C21H22N2O4/c1-4-26-15-11-8-14(9-12-15)10-13-18(24)22-16-6-5-7-17-19(16)23-20(25)21(2,3)27-17/h5-13H,4H2,1-3H3,(H,22,24)(H,23,25)/b13-10+. The summed E-state index contributed by atoms with van der Waals surface area (Å²) in [5, 5.41) is 5.57. The molecule has 1 aliphatic heterocycles. The number of rotatable bonds is 5. The number of carbonyl (C=O) groups excluding carboxylic acids is 2. The second kappa shape index (κ2) is 7.53. The minimum Gasteiger partial charge on any atom is -0.494 e. The van der Waals surface area contributed by atoms with Crippen LogP contribution in [0, 0.1) is 0 Å². The molecule has 6 heteroatoms. The van der Waals surface area contributed by atoms with E-state index in [0.29, 0.717) is 23.7 Å². The monoisotopic (exact) mass is 366 g/mol. The van der Waals surface area contributed by atoms with Crippen LogP contribution in [0.2, 0.25) is 0 Å². The van der Waals surface area contributed by atoms with Gasteiger partial charge in [-0.2, -0.15) is 0 Å². The molecule has 0 aromatic heterocycles. The number of hydrogen-bond acceptors (Lipinski definition) is 4. The van der Waals surface area contributed by atoms with Crippen LogP contribution in [-0.2, 0) is 9.59 Å². The fourth-order valence-electron chi connectivity index (χ4n) is 2.62. The van der Waals surface area contributed by atoms with Gasteiger partial charge in [0.1, 0.15) is 17.2 Å². The van der Waals surface area contributed by atoms with Crippen molar-refractivity contribution in [3.05, 3.63) is 54.1 Å². The summed E-state index contributed by atoms with van der Waals surface area (Å²) in [5.41, 5.74) is 0.868. The number of amides is 2. The van der Waals surface area contributed by atoms with Crippen molar-refractivity contribution < 1.29 is 19.1 Å². The quantitative estimate of drug-likeness (QED) is 0.788. The van der Waals surface area contributed by atoms with Gasteiger partial charge >= 0.3 is 0 Å². The Morgan fingerprint density at radius 2 is 1.96 bits per heavy atom. The SMILES string of the molecule is CCOc1ccc(/C=C/C(=O)Nc2cccc3c2NC(=O)C(C)(C)O3)cc1. The highest BCUT2D eigenvalue weighted by Crippen LogP contribution is 2.38. The summed E-state index contributed by atoms with van der Waals surface area (Å²) in [6, 6.07) is 12.7. The first-order valence-electron chi connectivity index (χ1n) is 8.74. The number of carbonyl (C=O) groups is 2. The van der Waals surface area contributed by atoms with Crippen LogP contribution >= 0.6 is 0 Å². The van der Waals surface area contributed by atoms with Crippen LogP contribution in [0.5, 0.6) is 11.5 Å². The van der Waals surface area contributed by atoms with Gasteiger partial charge in [0, 0.05) is 6.08 Å². The van der Waals surface area contributed by atoms with E-state index >= 15 is 0 Å². The molecule has 0 unspecified atom stereocenters. The van der Waals surface area contributed by atoms with Gasteiger partial charge in [0.15, 0.2) is 5.60 Å². The molecule has 0 spiro atoms. The molecule has 27 heavy (non-hydrogen) atoms. The first kappa shape index (κ1) is 18.5. The minimum absolute atomic E-state index is 0.262. The van der Waals surface area contributed by atoms with Crippen molar-refractivity contribution in [2.45, 2.75) is 26.4 Å². The molecule has 0 bridgehead atoms. The van der Waals surface area contributed by atoms with Crippen LogP contribution in [0.15, 0.2) is 48.5 Å². The molecule has 1 heterocycles. The van der Waals surface area contributed by atoms with Crippen molar-refractivity contribution in [3.8, 4) is 11.5 Å². The molecule has 6 nitrogen and oxygen atoms in total. The highest BCUT2D eigenvalue weighted by atomic mass is 16.5. The zero-order valence-corrected chi connectivity index (χ0v) is 15.5. The fraction of sp³-hybridized carbons (Fsp3) is 0.238. The lowest BCUT2D eigenvalue weighted by Gasteiger charge is -2.32. The molecule has 0 fully saturated rings. The predicted octanol–water partition coefficient (Wildman–Crippen LogP) is 3.85. The molecular weight excluding hydrogens is 344 g/mol. The molecule has 0 aliphatic carbocycles. The molecule has 2 amide bonds. The Bertz CT molecular complexity index is 886. The Morgan fingerprint density at radius 3 is 2.67 bits per heavy atom. The molecule has 2 aromatic rings. The number of anilines is 2. The fourth-order valence-corrected chi connectivity index (χ4v) is 2.62. The number of ether oxygens (including phenoxy) is 2. The van der Waals surface area contributed by atoms with Crippen LogP contribution in [0.25, 0.3) is 6.08 Å². The molecule has 0 saturated carbocycles. The average molecular weight is 366 g/mol.